The molecule has 1 aliphatic rings. The third-order valence-electron chi connectivity index (χ3n) is 3.86. The third-order valence-corrected chi connectivity index (χ3v) is 3.86. The number of hydrogen-bond acceptors (Lipinski definition) is 3. The molecule has 0 aromatic heterocycles. The Balaban J connectivity index is 2.28. The van der Waals surface area contributed by atoms with Gasteiger partial charge in [0, 0.05) is 37.4 Å². The van der Waals surface area contributed by atoms with E-state index in [1.165, 1.54) is 11.3 Å². The molecule has 3 heteroatoms. The molecule has 0 bridgehead atoms. The van der Waals surface area contributed by atoms with Crippen LogP contribution in [0.1, 0.15) is 26.3 Å². The van der Waals surface area contributed by atoms with E-state index in [-0.39, 0.29) is 5.41 Å². The molecule has 0 atom stereocenters. The third kappa shape index (κ3) is 3.21. The molecule has 106 valence electrons. The minimum absolute atomic E-state index is 0.105. The molecule has 1 heterocycles. The van der Waals surface area contributed by atoms with Crippen molar-refractivity contribution in [1.82, 2.24) is 4.90 Å². The van der Waals surface area contributed by atoms with Gasteiger partial charge in [-0.1, -0.05) is 20.8 Å². The normalized spacial score (nSPS) is 17.6. The smallest absolute Gasteiger partial charge is 0.122 e. The number of methoxy groups -OCH3 is 1. The molecule has 19 heavy (non-hydrogen) atoms. The van der Waals surface area contributed by atoms with Gasteiger partial charge in [-0.15, -0.1) is 0 Å². The number of piperazine rings is 1. The van der Waals surface area contributed by atoms with Crippen LogP contribution in [0.5, 0.6) is 5.75 Å². The van der Waals surface area contributed by atoms with E-state index in [1.54, 1.807) is 7.11 Å². The summed E-state index contributed by atoms with van der Waals surface area (Å²) in [5.41, 5.74) is 2.71. The van der Waals surface area contributed by atoms with Crippen LogP contribution in [0.2, 0.25) is 0 Å². The van der Waals surface area contributed by atoms with Gasteiger partial charge in [0.1, 0.15) is 5.75 Å². The summed E-state index contributed by atoms with van der Waals surface area (Å²) >= 11 is 0. The molecule has 1 aromatic carbocycles. The molecule has 0 unspecified atom stereocenters. The molecule has 1 fully saturated rings. The van der Waals surface area contributed by atoms with Crippen molar-refractivity contribution in [3.63, 3.8) is 0 Å². The number of likely N-dealkylation sites (N-methyl/N-ethyl adjacent to an activating group) is 1. The number of hydrogen-bond donors (Lipinski definition) is 0. The van der Waals surface area contributed by atoms with Gasteiger partial charge in [0.15, 0.2) is 0 Å². The summed E-state index contributed by atoms with van der Waals surface area (Å²) in [6.07, 6.45) is 0. The molecular weight excluding hydrogens is 236 g/mol. The van der Waals surface area contributed by atoms with Gasteiger partial charge in [-0.2, -0.15) is 0 Å². The molecule has 2 rings (SSSR count). The zero-order valence-electron chi connectivity index (χ0n) is 12.9. The highest BCUT2D eigenvalue weighted by Gasteiger charge is 2.21. The molecule has 0 amide bonds. The first-order valence-corrected chi connectivity index (χ1v) is 7.04. The maximum atomic E-state index is 5.50. The molecular formula is C16H26N2O. The average molecular weight is 262 g/mol. The number of nitrogens with zero attached hydrogens (tertiary/aromatic N) is 2. The fraction of sp³-hybridized carbons (Fsp3) is 0.625. The Morgan fingerprint density at radius 3 is 2.21 bits per heavy atom. The van der Waals surface area contributed by atoms with E-state index in [0.717, 1.165) is 31.9 Å². The minimum atomic E-state index is 0.105. The van der Waals surface area contributed by atoms with E-state index in [2.05, 4.69) is 55.8 Å². The molecule has 1 saturated heterocycles. The number of rotatable bonds is 2. The first-order valence-electron chi connectivity index (χ1n) is 7.04. The van der Waals surface area contributed by atoms with Crippen molar-refractivity contribution in [2.45, 2.75) is 26.2 Å². The van der Waals surface area contributed by atoms with Crippen LogP contribution in [0.3, 0.4) is 0 Å². The van der Waals surface area contributed by atoms with Crippen LogP contribution in [-0.2, 0) is 5.41 Å². The second kappa shape index (κ2) is 5.41. The monoisotopic (exact) mass is 262 g/mol. The zero-order chi connectivity index (χ0) is 14.0. The molecule has 0 saturated carbocycles. The fourth-order valence-corrected chi connectivity index (χ4v) is 2.54. The number of ether oxygens (including phenoxy) is 1. The Morgan fingerprint density at radius 1 is 1.05 bits per heavy atom. The van der Waals surface area contributed by atoms with E-state index < -0.39 is 0 Å². The fourth-order valence-electron chi connectivity index (χ4n) is 2.54. The van der Waals surface area contributed by atoms with Gasteiger partial charge in [-0.05, 0) is 30.7 Å². The van der Waals surface area contributed by atoms with Crippen molar-refractivity contribution < 1.29 is 4.74 Å². The lowest BCUT2D eigenvalue weighted by Crippen LogP contribution is -2.44. The highest BCUT2D eigenvalue weighted by molar-refractivity contribution is 5.55. The molecule has 0 spiro atoms. The van der Waals surface area contributed by atoms with Crippen LogP contribution >= 0.6 is 0 Å². The molecule has 1 aromatic rings. The van der Waals surface area contributed by atoms with Crippen LogP contribution < -0.4 is 9.64 Å². The largest absolute Gasteiger partial charge is 0.496 e. The highest BCUT2D eigenvalue weighted by atomic mass is 16.5. The summed E-state index contributed by atoms with van der Waals surface area (Å²) in [4.78, 5) is 4.85. The first-order chi connectivity index (χ1) is 8.91. The van der Waals surface area contributed by atoms with E-state index in [9.17, 15) is 0 Å². The Bertz CT molecular complexity index is 429. The lowest BCUT2D eigenvalue weighted by Gasteiger charge is -2.35. The van der Waals surface area contributed by atoms with Crippen LogP contribution in [0, 0.1) is 0 Å². The second-order valence-corrected chi connectivity index (χ2v) is 6.42. The van der Waals surface area contributed by atoms with Crippen LogP contribution in [0.4, 0.5) is 5.69 Å². The quantitative estimate of drug-likeness (QED) is 0.815. The molecule has 3 nitrogen and oxygen atoms in total. The second-order valence-electron chi connectivity index (χ2n) is 6.42. The average Bonchev–Trinajstić information content (AvgIpc) is 2.38. The van der Waals surface area contributed by atoms with Crippen molar-refractivity contribution in [1.29, 1.82) is 0 Å². The molecule has 1 aliphatic heterocycles. The lowest BCUT2D eigenvalue weighted by molar-refractivity contribution is 0.312. The maximum Gasteiger partial charge on any atom is 0.122 e. The van der Waals surface area contributed by atoms with Gasteiger partial charge >= 0.3 is 0 Å². The van der Waals surface area contributed by atoms with Crippen molar-refractivity contribution in [3.8, 4) is 5.75 Å². The molecule has 0 radical (unpaired) electrons. The van der Waals surface area contributed by atoms with Gasteiger partial charge in [-0.3, -0.25) is 0 Å². The summed E-state index contributed by atoms with van der Waals surface area (Å²) in [6.45, 7) is 11.2. The minimum Gasteiger partial charge on any atom is -0.496 e. The Hall–Kier alpha value is -1.22. The van der Waals surface area contributed by atoms with Crippen LogP contribution in [0.15, 0.2) is 18.2 Å². The predicted molar refractivity (Wildman–Crippen MR) is 81.4 cm³/mol. The number of anilines is 1. The van der Waals surface area contributed by atoms with E-state index in [0.29, 0.717) is 0 Å². The summed E-state index contributed by atoms with van der Waals surface area (Å²) in [7, 11) is 3.94. The standard InChI is InChI=1S/C16H26N2O/c1-16(2,3)14-12-13(6-7-15(14)19-5)18-10-8-17(4)9-11-18/h6-7,12H,8-11H2,1-5H3. The molecule has 0 N–H and O–H groups in total. The Morgan fingerprint density at radius 2 is 1.68 bits per heavy atom. The summed E-state index contributed by atoms with van der Waals surface area (Å²) in [6, 6.07) is 6.58. The summed E-state index contributed by atoms with van der Waals surface area (Å²) < 4.78 is 5.50. The Kier molecular flexibility index (Phi) is 4.04. The maximum absolute atomic E-state index is 5.50. The van der Waals surface area contributed by atoms with Crippen LogP contribution in [-0.4, -0.2) is 45.2 Å². The van der Waals surface area contributed by atoms with Gasteiger partial charge < -0.3 is 14.5 Å². The predicted octanol–water partition coefficient (Wildman–Crippen LogP) is 2.74. The SMILES string of the molecule is COc1ccc(N2CCN(C)CC2)cc1C(C)(C)C. The van der Waals surface area contributed by atoms with Crippen LogP contribution in [0.25, 0.3) is 0 Å². The van der Waals surface area contributed by atoms with Gasteiger partial charge in [-0.25, -0.2) is 0 Å². The van der Waals surface area contributed by atoms with Crippen molar-refractivity contribution >= 4 is 5.69 Å². The first kappa shape index (κ1) is 14.2. The molecule has 0 aliphatic carbocycles. The van der Waals surface area contributed by atoms with Gasteiger partial charge in [0.2, 0.25) is 0 Å². The van der Waals surface area contributed by atoms with Gasteiger partial charge in [0.05, 0.1) is 7.11 Å². The van der Waals surface area contributed by atoms with Gasteiger partial charge in [0.25, 0.3) is 0 Å². The highest BCUT2D eigenvalue weighted by Crippen LogP contribution is 2.34. The van der Waals surface area contributed by atoms with E-state index >= 15 is 0 Å². The van der Waals surface area contributed by atoms with Crippen molar-refractivity contribution in [3.05, 3.63) is 23.8 Å². The zero-order valence-corrected chi connectivity index (χ0v) is 12.9. The summed E-state index contributed by atoms with van der Waals surface area (Å²) in [5, 5.41) is 0. The lowest BCUT2D eigenvalue weighted by atomic mass is 9.86. The topological polar surface area (TPSA) is 15.7 Å². The van der Waals surface area contributed by atoms with E-state index in [1.807, 2.05) is 0 Å². The summed E-state index contributed by atoms with van der Waals surface area (Å²) in [5.74, 6) is 0.991. The van der Waals surface area contributed by atoms with Crippen molar-refractivity contribution in [2.75, 3.05) is 45.2 Å². The van der Waals surface area contributed by atoms with Crippen molar-refractivity contribution in [2.24, 2.45) is 0 Å². The Labute approximate surface area is 117 Å². The van der Waals surface area contributed by atoms with E-state index in [4.69, 9.17) is 4.74 Å². The number of benzene rings is 1.